The van der Waals surface area contributed by atoms with Gasteiger partial charge >= 0.3 is 0 Å². The van der Waals surface area contributed by atoms with Gasteiger partial charge in [-0.1, -0.05) is 66.2 Å². The second-order valence-electron chi connectivity index (χ2n) is 4.73. The molecule has 0 unspecified atom stereocenters. The van der Waals surface area contributed by atoms with Gasteiger partial charge in [-0.05, 0) is 23.8 Å². The molecule has 0 aliphatic heterocycles. The molecular formula is C18H14O. The maximum Gasteiger partial charge on any atom is 0.193 e. The van der Waals surface area contributed by atoms with Crippen molar-refractivity contribution in [2.24, 2.45) is 0 Å². The van der Waals surface area contributed by atoms with Crippen LogP contribution in [0.15, 0.2) is 66.7 Å². The minimum absolute atomic E-state index is 0.0838. The number of rotatable bonds is 2. The van der Waals surface area contributed by atoms with Crippen molar-refractivity contribution in [3.05, 3.63) is 83.4 Å². The molecule has 0 saturated carbocycles. The average molecular weight is 246 g/mol. The molecule has 0 saturated heterocycles. The molecule has 3 aromatic rings. The van der Waals surface area contributed by atoms with Gasteiger partial charge in [0.1, 0.15) is 0 Å². The fourth-order valence-corrected chi connectivity index (χ4v) is 2.37. The molecule has 92 valence electrons. The lowest BCUT2D eigenvalue weighted by atomic mass is 9.96. The number of benzene rings is 3. The van der Waals surface area contributed by atoms with Gasteiger partial charge in [-0.25, -0.2) is 0 Å². The Morgan fingerprint density at radius 1 is 0.842 bits per heavy atom. The zero-order valence-corrected chi connectivity index (χ0v) is 10.8. The summed E-state index contributed by atoms with van der Waals surface area (Å²) in [5.41, 5.74) is 2.62. The summed E-state index contributed by atoms with van der Waals surface area (Å²) in [6.45, 7) is 2.00. The monoisotopic (exact) mass is 246 g/mol. The predicted molar refractivity (Wildman–Crippen MR) is 78.6 cm³/mol. The summed E-state index contributed by atoms with van der Waals surface area (Å²) in [4.78, 5) is 12.6. The summed E-state index contributed by atoms with van der Waals surface area (Å²) in [5, 5.41) is 2.11. The average Bonchev–Trinajstić information content (AvgIpc) is 2.46. The molecule has 3 rings (SSSR count). The Balaban J connectivity index is 2.17. The first-order valence-electron chi connectivity index (χ1n) is 6.35. The van der Waals surface area contributed by atoms with Gasteiger partial charge in [-0.3, -0.25) is 4.79 Å². The van der Waals surface area contributed by atoms with Crippen LogP contribution in [0.4, 0.5) is 0 Å². The number of fused-ring (bicyclic) bond motifs is 1. The Hall–Kier alpha value is -2.41. The van der Waals surface area contributed by atoms with Crippen LogP contribution in [-0.4, -0.2) is 5.78 Å². The van der Waals surface area contributed by atoms with E-state index in [1.54, 1.807) is 0 Å². The first-order chi connectivity index (χ1) is 9.25. The third kappa shape index (κ3) is 2.15. The van der Waals surface area contributed by atoms with Crippen LogP contribution in [0, 0.1) is 6.92 Å². The molecule has 0 fully saturated rings. The Morgan fingerprint density at radius 2 is 1.58 bits per heavy atom. The Labute approximate surface area is 112 Å². The zero-order chi connectivity index (χ0) is 13.2. The Kier molecular flexibility index (Phi) is 2.88. The van der Waals surface area contributed by atoms with Gasteiger partial charge in [0.05, 0.1) is 0 Å². The number of ketones is 1. The number of carbonyl (C=O) groups excluding carboxylic acids is 1. The van der Waals surface area contributed by atoms with E-state index in [4.69, 9.17) is 0 Å². The summed E-state index contributed by atoms with van der Waals surface area (Å²) in [6, 6.07) is 21.6. The standard InChI is InChI=1S/C18H14O/c1-13-6-4-9-15(12-13)18(19)17-11-5-8-14-7-2-3-10-16(14)17/h2-12H,1H3. The maximum absolute atomic E-state index is 12.6. The van der Waals surface area contributed by atoms with Crippen LogP contribution < -0.4 is 0 Å². The van der Waals surface area contributed by atoms with Crippen molar-refractivity contribution in [1.82, 2.24) is 0 Å². The minimum atomic E-state index is 0.0838. The summed E-state index contributed by atoms with van der Waals surface area (Å²) in [5.74, 6) is 0.0838. The van der Waals surface area contributed by atoms with Crippen LogP contribution in [-0.2, 0) is 0 Å². The first-order valence-corrected chi connectivity index (χ1v) is 6.35. The van der Waals surface area contributed by atoms with E-state index >= 15 is 0 Å². The molecule has 0 aromatic heterocycles. The molecule has 0 N–H and O–H groups in total. The summed E-state index contributed by atoms with van der Waals surface area (Å²) in [6.07, 6.45) is 0. The van der Waals surface area contributed by atoms with E-state index in [2.05, 4.69) is 0 Å². The number of carbonyl (C=O) groups is 1. The van der Waals surface area contributed by atoms with Gasteiger partial charge in [0.2, 0.25) is 0 Å². The highest BCUT2D eigenvalue weighted by atomic mass is 16.1. The lowest BCUT2D eigenvalue weighted by Gasteiger charge is -2.06. The van der Waals surface area contributed by atoms with E-state index in [9.17, 15) is 4.79 Å². The van der Waals surface area contributed by atoms with E-state index < -0.39 is 0 Å². The van der Waals surface area contributed by atoms with E-state index in [0.717, 1.165) is 27.5 Å². The highest BCUT2D eigenvalue weighted by Crippen LogP contribution is 2.21. The zero-order valence-electron chi connectivity index (χ0n) is 10.8. The fourth-order valence-electron chi connectivity index (χ4n) is 2.37. The van der Waals surface area contributed by atoms with Crippen molar-refractivity contribution in [3.63, 3.8) is 0 Å². The molecule has 0 heterocycles. The number of hydrogen-bond donors (Lipinski definition) is 0. The highest BCUT2D eigenvalue weighted by molar-refractivity contribution is 6.16. The topological polar surface area (TPSA) is 17.1 Å². The molecule has 0 bridgehead atoms. The molecule has 0 aliphatic rings. The van der Waals surface area contributed by atoms with Crippen molar-refractivity contribution < 1.29 is 4.79 Å². The lowest BCUT2D eigenvalue weighted by Crippen LogP contribution is -2.02. The van der Waals surface area contributed by atoms with Gasteiger partial charge in [0, 0.05) is 11.1 Å². The first kappa shape index (κ1) is 11.7. The molecule has 0 atom stereocenters. The Morgan fingerprint density at radius 3 is 2.42 bits per heavy atom. The molecule has 0 radical (unpaired) electrons. The molecule has 0 spiro atoms. The molecule has 0 aliphatic carbocycles. The smallest absolute Gasteiger partial charge is 0.193 e. The third-order valence-electron chi connectivity index (χ3n) is 3.31. The van der Waals surface area contributed by atoms with Gasteiger partial charge in [0.15, 0.2) is 5.78 Å². The van der Waals surface area contributed by atoms with E-state index in [0.29, 0.717) is 0 Å². The Bertz CT molecular complexity index is 751. The molecule has 19 heavy (non-hydrogen) atoms. The van der Waals surface area contributed by atoms with Crippen LogP contribution in [0.3, 0.4) is 0 Å². The summed E-state index contributed by atoms with van der Waals surface area (Å²) in [7, 11) is 0. The van der Waals surface area contributed by atoms with E-state index in [1.165, 1.54) is 0 Å². The normalized spacial score (nSPS) is 10.6. The van der Waals surface area contributed by atoms with Crippen molar-refractivity contribution in [1.29, 1.82) is 0 Å². The third-order valence-corrected chi connectivity index (χ3v) is 3.31. The summed E-state index contributed by atoms with van der Waals surface area (Å²) >= 11 is 0. The quantitative estimate of drug-likeness (QED) is 0.613. The van der Waals surface area contributed by atoms with Gasteiger partial charge < -0.3 is 0 Å². The lowest BCUT2D eigenvalue weighted by molar-refractivity contribution is 0.104. The second kappa shape index (κ2) is 4.69. The summed E-state index contributed by atoms with van der Waals surface area (Å²) < 4.78 is 0. The van der Waals surface area contributed by atoms with Gasteiger partial charge in [-0.15, -0.1) is 0 Å². The molecule has 1 heteroatoms. The van der Waals surface area contributed by atoms with Gasteiger partial charge in [-0.2, -0.15) is 0 Å². The minimum Gasteiger partial charge on any atom is -0.289 e. The van der Waals surface area contributed by atoms with E-state index in [1.807, 2.05) is 73.7 Å². The van der Waals surface area contributed by atoms with Crippen LogP contribution >= 0.6 is 0 Å². The van der Waals surface area contributed by atoms with Gasteiger partial charge in [0.25, 0.3) is 0 Å². The van der Waals surface area contributed by atoms with Crippen LogP contribution in [0.25, 0.3) is 10.8 Å². The van der Waals surface area contributed by atoms with Crippen molar-refractivity contribution in [3.8, 4) is 0 Å². The van der Waals surface area contributed by atoms with E-state index in [-0.39, 0.29) is 5.78 Å². The number of hydrogen-bond acceptors (Lipinski definition) is 1. The number of aryl methyl sites for hydroxylation is 1. The highest BCUT2D eigenvalue weighted by Gasteiger charge is 2.11. The SMILES string of the molecule is Cc1cccc(C(=O)c2cccc3ccccc23)c1. The van der Waals surface area contributed by atoms with Crippen LogP contribution in [0.1, 0.15) is 21.5 Å². The largest absolute Gasteiger partial charge is 0.289 e. The molecule has 0 amide bonds. The van der Waals surface area contributed by atoms with Crippen molar-refractivity contribution in [2.45, 2.75) is 6.92 Å². The van der Waals surface area contributed by atoms with Crippen molar-refractivity contribution in [2.75, 3.05) is 0 Å². The molecule has 1 nitrogen and oxygen atoms in total. The molecular weight excluding hydrogens is 232 g/mol. The molecule has 3 aromatic carbocycles. The van der Waals surface area contributed by atoms with Crippen molar-refractivity contribution >= 4 is 16.6 Å². The second-order valence-corrected chi connectivity index (χ2v) is 4.73. The predicted octanol–water partition coefficient (Wildman–Crippen LogP) is 4.38. The van der Waals surface area contributed by atoms with Crippen LogP contribution in [0.5, 0.6) is 0 Å². The van der Waals surface area contributed by atoms with Crippen LogP contribution in [0.2, 0.25) is 0 Å². The fraction of sp³-hybridized carbons (Fsp3) is 0.0556. The maximum atomic E-state index is 12.6.